The van der Waals surface area contributed by atoms with Crippen LogP contribution in [0, 0.1) is 29.4 Å². The van der Waals surface area contributed by atoms with Crippen LogP contribution in [0.3, 0.4) is 0 Å². The molecule has 0 amide bonds. The maximum absolute atomic E-state index is 14.9. The molecule has 0 spiro atoms. The van der Waals surface area contributed by atoms with Crippen molar-refractivity contribution in [1.82, 2.24) is 14.8 Å². The Bertz CT molecular complexity index is 1910. The lowest BCUT2D eigenvalue weighted by molar-refractivity contribution is 0.0520. The van der Waals surface area contributed by atoms with E-state index in [4.69, 9.17) is 15.0 Å². The van der Waals surface area contributed by atoms with E-state index in [0.29, 0.717) is 39.9 Å². The van der Waals surface area contributed by atoms with Gasteiger partial charge in [-0.25, -0.2) is 36.8 Å². The zero-order chi connectivity index (χ0) is 31.8. The molecule has 0 bridgehead atoms. The monoisotopic (exact) mass is 640 g/mol. The second kappa shape index (κ2) is 12.2. The van der Waals surface area contributed by atoms with E-state index < -0.39 is 38.1 Å². The third-order valence-corrected chi connectivity index (χ3v) is 8.61. The molecule has 1 fully saturated rings. The van der Waals surface area contributed by atoms with Gasteiger partial charge in [-0.15, -0.1) is 11.3 Å². The number of esters is 1. The smallest absolute Gasteiger partial charge is 0.357 e. The number of hydrogen-bond donors (Lipinski definition) is 2. The molecule has 230 valence electrons. The Morgan fingerprint density at radius 1 is 1.20 bits per heavy atom. The van der Waals surface area contributed by atoms with Crippen LogP contribution in [0.25, 0.3) is 16.4 Å². The number of hydrogen-bond acceptors (Lipinski definition) is 8. The fourth-order valence-electron chi connectivity index (χ4n) is 4.60. The minimum atomic E-state index is -4.26. The van der Waals surface area contributed by atoms with Crippen LogP contribution in [-0.4, -0.2) is 46.5 Å². The number of nitrogens with two attached hydrogens (primary N) is 1. The summed E-state index contributed by atoms with van der Waals surface area (Å²) in [7, 11) is -4.26. The van der Waals surface area contributed by atoms with Gasteiger partial charge in [-0.3, -0.25) is 0 Å². The van der Waals surface area contributed by atoms with Crippen LogP contribution in [0.4, 0.5) is 8.78 Å². The molecule has 0 aliphatic heterocycles. The summed E-state index contributed by atoms with van der Waals surface area (Å²) in [5, 5.41) is 22.1. The van der Waals surface area contributed by atoms with Crippen molar-refractivity contribution in [3.8, 4) is 28.2 Å². The average molecular weight is 641 g/mol. The number of ether oxygens (including phenoxy) is 1. The zero-order valence-corrected chi connectivity index (χ0v) is 25.9. The lowest BCUT2D eigenvalue weighted by Gasteiger charge is -2.10. The molecule has 1 aliphatic rings. The molecule has 0 radical (unpaired) electrons. The van der Waals surface area contributed by atoms with E-state index in [1.54, 1.807) is 23.1 Å². The number of primary sulfonamides is 1. The minimum absolute atomic E-state index is 0.0521. The Labute approximate surface area is 257 Å². The number of benzene rings is 2. The van der Waals surface area contributed by atoms with E-state index in [0.717, 1.165) is 30.7 Å². The maximum atomic E-state index is 14.9. The van der Waals surface area contributed by atoms with Crippen molar-refractivity contribution < 1.29 is 31.8 Å². The van der Waals surface area contributed by atoms with E-state index in [-0.39, 0.29) is 24.3 Å². The van der Waals surface area contributed by atoms with E-state index >= 15 is 0 Å². The Morgan fingerprint density at radius 3 is 2.59 bits per heavy atom. The van der Waals surface area contributed by atoms with Gasteiger partial charge in [0.05, 0.1) is 23.6 Å². The van der Waals surface area contributed by atoms with Crippen LogP contribution < -0.4 is 5.14 Å². The minimum Gasteiger partial charge on any atom is -0.461 e. The van der Waals surface area contributed by atoms with Gasteiger partial charge >= 0.3 is 5.97 Å². The molecule has 2 heterocycles. The molecule has 1 saturated carbocycles. The quantitative estimate of drug-likeness (QED) is 0.199. The van der Waals surface area contributed by atoms with E-state index in [9.17, 15) is 27.1 Å². The molecule has 5 rings (SSSR count). The van der Waals surface area contributed by atoms with Crippen LogP contribution in [0.1, 0.15) is 66.5 Å². The van der Waals surface area contributed by atoms with Crippen LogP contribution in [0.15, 0.2) is 46.7 Å². The van der Waals surface area contributed by atoms with Gasteiger partial charge in [0.2, 0.25) is 15.2 Å². The number of nitrogens with zero attached hydrogens (tertiary/aromatic N) is 3. The predicted octanol–water partition coefficient (Wildman–Crippen LogP) is 4.76. The van der Waals surface area contributed by atoms with Crippen molar-refractivity contribution in [3.63, 3.8) is 0 Å². The second-order valence-corrected chi connectivity index (χ2v) is 13.4. The van der Waals surface area contributed by atoms with Crippen molar-refractivity contribution >= 4 is 27.3 Å². The summed E-state index contributed by atoms with van der Waals surface area (Å²) in [5.74, 6) is 3.57. The Kier molecular flexibility index (Phi) is 8.73. The number of sulfonamides is 1. The summed E-state index contributed by atoms with van der Waals surface area (Å²) < 4.78 is 60.0. The van der Waals surface area contributed by atoms with Gasteiger partial charge < -0.3 is 9.84 Å². The highest BCUT2D eigenvalue weighted by Crippen LogP contribution is 2.38. The van der Waals surface area contributed by atoms with Crippen molar-refractivity contribution in [1.29, 1.82) is 0 Å². The first-order valence-corrected chi connectivity index (χ1v) is 16.3. The first-order chi connectivity index (χ1) is 20.7. The van der Waals surface area contributed by atoms with Crippen LogP contribution in [0.5, 0.6) is 0 Å². The second-order valence-electron chi connectivity index (χ2n) is 11.1. The molecule has 0 atom stereocenters. The zero-order valence-electron chi connectivity index (χ0n) is 24.2. The van der Waals surface area contributed by atoms with Crippen molar-refractivity contribution in [2.24, 2.45) is 11.1 Å². The standard InChI is InChI=1S/C31H30F2N4O5S2/c1-4-42-29(38)25-17-43-30(35-25)37-26(15-18-5-6-18)22(13-19-7-10-27(24(33)14-19)44(34,40)41)28(36-37)21-8-9-23(32)20(16-21)11-12-31(2,3)39/h7-10,14,16-18,39H,4-6,13,15H2,1-3H3,(H2,34,40,41). The fraction of sp³-hybridized carbons (Fsp3) is 0.323. The summed E-state index contributed by atoms with van der Waals surface area (Å²) in [6.45, 7) is 4.88. The number of rotatable bonds is 9. The van der Waals surface area contributed by atoms with Crippen LogP contribution in [0.2, 0.25) is 0 Å². The third-order valence-electron chi connectivity index (χ3n) is 6.85. The molecule has 2 aromatic carbocycles. The van der Waals surface area contributed by atoms with Gasteiger partial charge in [0.25, 0.3) is 0 Å². The Hall–Kier alpha value is -3.96. The first-order valence-electron chi connectivity index (χ1n) is 13.8. The topological polar surface area (TPSA) is 137 Å². The summed E-state index contributed by atoms with van der Waals surface area (Å²) in [6.07, 6.45) is 2.78. The number of aromatic nitrogens is 3. The summed E-state index contributed by atoms with van der Waals surface area (Å²) in [4.78, 5) is 16.2. The number of thiazole rings is 1. The van der Waals surface area contributed by atoms with Crippen LogP contribution >= 0.6 is 11.3 Å². The van der Waals surface area contributed by atoms with Gasteiger partial charge in [-0.1, -0.05) is 17.9 Å². The normalized spacial score (nSPS) is 13.4. The Morgan fingerprint density at radius 2 is 1.95 bits per heavy atom. The largest absolute Gasteiger partial charge is 0.461 e. The fourth-order valence-corrected chi connectivity index (χ4v) is 5.96. The molecule has 1 aliphatic carbocycles. The van der Waals surface area contributed by atoms with Crippen LogP contribution in [-0.2, 0) is 27.6 Å². The number of halogens is 2. The molecule has 4 aromatic rings. The van der Waals surface area contributed by atoms with E-state index in [2.05, 4.69) is 16.8 Å². The summed E-state index contributed by atoms with van der Waals surface area (Å²) in [6, 6.07) is 8.07. The predicted molar refractivity (Wildman–Crippen MR) is 161 cm³/mol. The molecular formula is C31H30F2N4O5S2. The lowest BCUT2D eigenvalue weighted by Crippen LogP contribution is -2.14. The van der Waals surface area contributed by atoms with Crippen molar-refractivity contribution in [2.45, 2.75) is 57.0 Å². The lowest BCUT2D eigenvalue weighted by atomic mass is 9.96. The Balaban J connectivity index is 1.69. The van der Waals surface area contributed by atoms with Gasteiger partial charge in [-0.2, -0.15) is 5.10 Å². The molecule has 44 heavy (non-hydrogen) atoms. The first kappa shape index (κ1) is 31.5. The average Bonchev–Trinajstić information content (AvgIpc) is 3.50. The molecule has 13 heteroatoms. The SMILES string of the molecule is CCOC(=O)c1csc(-n2nc(-c3ccc(F)c(C#CC(C)(C)O)c3)c(Cc3ccc(S(N)(=O)=O)c(F)c3)c2CC2CC2)n1. The molecule has 9 nitrogen and oxygen atoms in total. The van der Waals surface area contributed by atoms with Gasteiger partial charge in [0, 0.05) is 22.9 Å². The van der Waals surface area contributed by atoms with E-state index in [1.165, 1.54) is 43.4 Å². The third kappa shape index (κ3) is 7.22. The molecular weight excluding hydrogens is 610 g/mol. The van der Waals surface area contributed by atoms with Gasteiger partial charge in [0.15, 0.2) is 5.69 Å². The molecule has 0 saturated heterocycles. The van der Waals surface area contributed by atoms with Gasteiger partial charge in [-0.05, 0) is 81.8 Å². The van der Waals surface area contributed by atoms with Crippen molar-refractivity contribution in [2.75, 3.05) is 6.61 Å². The molecule has 3 N–H and O–H groups in total. The number of carbonyl (C=O) groups excluding carboxylic acids is 1. The molecule has 2 aromatic heterocycles. The summed E-state index contributed by atoms with van der Waals surface area (Å²) >= 11 is 1.20. The van der Waals surface area contributed by atoms with E-state index in [1.807, 2.05) is 0 Å². The highest BCUT2D eigenvalue weighted by molar-refractivity contribution is 7.89. The number of aliphatic hydroxyl groups is 1. The number of carbonyl (C=O) groups is 1. The van der Waals surface area contributed by atoms with Gasteiger partial charge in [0.1, 0.15) is 22.1 Å². The van der Waals surface area contributed by atoms with Crippen molar-refractivity contribution in [3.05, 3.63) is 81.5 Å². The highest BCUT2D eigenvalue weighted by atomic mass is 32.2. The summed E-state index contributed by atoms with van der Waals surface area (Å²) in [5.41, 5.74) is 1.74. The highest BCUT2D eigenvalue weighted by Gasteiger charge is 2.30. The molecule has 0 unspecified atom stereocenters. The maximum Gasteiger partial charge on any atom is 0.357 e.